The molecule has 5 nitrogen and oxygen atoms in total. The third kappa shape index (κ3) is 3.80. The molecule has 152 valence electrons. The lowest BCUT2D eigenvalue weighted by Gasteiger charge is -2.35. The van der Waals surface area contributed by atoms with Crippen molar-refractivity contribution in [3.05, 3.63) is 79.5 Å². The molecule has 0 fully saturated rings. The van der Waals surface area contributed by atoms with Crippen LogP contribution >= 0.6 is 34.3 Å². The number of carbonyl (C=O) groups is 1. The van der Waals surface area contributed by atoms with E-state index in [0.717, 1.165) is 18.5 Å². The molecule has 8 heteroatoms. The predicted molar refractivity (Wildman–Crippen MR) is 119 cm³/mol. The molecule has 0 radical (unpaired) electrons. The molecule has 0 aliphatic carbocycles. The highest BCUT2D eigenvalue weighted by atomic mass is 35.5. The Labute approximate surface area is 186 Å². The minimum Gasteiger partial charge on any atom is -0.339 e. The van der Waals surface area contributed by atoms with Crippen LogP contribution in [-0.4, -0.2) is 27.5 Å². The van der Waals surface area contributed by atoms with Gasteiger partial charge in [-0.1, -0.05) is 22.8 Å². The first kappa shape index (κ1) is 19.5. The smallest absolute Gasteiger partial charge is 0.227 e. The number of halogens is 1. The Balaban J connectivity index is 1.30. The maximum absolute atomic E-state index is 13.2. The number of thiophene rings is 2. The van der Waals surface area contributed by atoms with E-state index in [-0.39, 0.29) is 11.9 Å². The summed E-state index contributed by atoms with van der Waals surface area (Å²) >= 11 is 9.40. The lowest BCUT2D eigenvalue weighted by molar-refractivity contribution is -0.133. The van der Waals surface area contributed by atoms with Crippen molar-refractivity contribution >= 4 is 40.2 Å². The molecule has 30 heavy (non-hydrogen) atoms. The molecular weight excluding hydrogens is 438 g/mol. The van der Waals surface area contributed by atoms with Gasteiger partial charge in [-0.2, -0.15) is 4.98 Å². The Bertz CT molecular complexity index is 1150. The van der Waals surface area contributed by atoms with Crippen molar-refractivity contribution < 1.29 is 9.32 Å². The fourth-order valence-corrected chi connectivity index (χ4v) is 5.65. The van der Waals surface area contributed by atoms with Gasteiger partial charge in [-0.05, 0) is 59.1 Å². The van der Waals surface area contributed by atoms with Crippen molar-refractivity contribution in [3.63, 3.8) is 0 Å². The van der Waals surface area contributed by atoms with Crippen LogP contribution in [0, 0.1) is 0 Å². The fraction of sp³-hybridized carbons (Fsp3) is 0.227. The molecule has 1 amide bonds. The number of benzene rings is 1. The summed E-state index contributed by atoms with van der Waals surface area (Å²) in [5.41, 5.74) is 2.09. The highest BCUT2D eigenvalue weighted by Crippen LogP contribution is 2.39. The van der Waals surface area contributed by atoms with Gasteiger partial charge in [-0.25, -0.2) is 0 Å². The molecule has 5 rings (SSSR count). The summed E-state index contributed by atoms with van der Waals surface area (Å²) in [6.45, 7) is 0.731. The van der Waals surface area contributed by atoms with Crippen LogP contribution in [0.5, 0.6) is 0 Å². The van der Waals surface area contributed by atoms with E-state index in [1.165, 1.54) is 15.3 Å². The number of rotatable bonds is 5. The summed E-state index contributed by atoms with van der Waals surface area (Å²) in [6, 6.07) is 13.6. The van der Waals surface area contributed by atoms with Gasteiger partial charge in [0.1, 0.15) is 0 Å². The molecule has 4 heterocycles. The van der Waals surface area contributed by atoms with Crippen molar-refractivity contribution in [1.29, 1.82) is 0 Å². The van der Waals surface area contributed by atoms with Crippen LogP contribution < -0.4 is 0 Å². The maximum Gasteiger partial charge on any atom is 0.227 e. The third-order valence-corrected chi connectivity index (χ3v) is 7.40. The van der Waals surface area contributed by atoms with Gasteiger partial charge < -0.3 is 9.42 Å². The summed E-state index contributed by atoms with van der Waals surface area (Å²) in [7, 11) is 0. The van der Waals surface area contributed by atoms with Crippen molar-refractivity contribution in [1.82, 2.24) is 15.0 Å². The van der Waals surface area contributed by atoms with E-state index in [9.17, 15) is 4.79 Å². The van der Waals surface area contributed by atoms with Crippen LogP contribution in [0.1, 0.15) is 33.7 Å². The molecule has 0 saturated carbocycles. The van der Waals surface area contributed by atoms with E-state index in [2.05, 4.69) is 33.0 Å². The fourth-order valence-electron chi connectivity index (χ4n) is 3.77. The molecule has 1 aromatic carbocycles. The molecule has 0 saturated heterocycles. The van der Waals surface area contributed by atoms with E-state index in [1.807, 2.05) is 23.1 Å². The van der Waals surface area contributed by atoms with E-state index < -0.39 is 0 Å². The number of carbonyl (C=O) groups excluding carboxylic acids is 1. The van der Waals surface area contributed by atoms with Crippen LogP contribution in [0.3, 0.4) is 0 Å². The Hall–Kier alpha value is -2.48. The lowest BCUT2D eigenvalue weighted by Crippen LogP contribution is -2.39. The first-order valence-electron chi connectivity index (χ1n) is 9.67. The molecule has 1 atom stereocenters. The van der Waals surface area contributed by atoms with Crippen molar-refractivity contribution in [3.8, 4) is 11.4 Å². The van der Waals surface area contributed by atoms with Gasteiger partial charge in [0.2, 0.25) is 17.6 Å². The lowest BCUT2D eigenvalue weighted by atomic mass is 9.98. The van der Waals surface area contributed by atoms with Crippen LogP contribution in [0.25, 0.3) is 11.4 Å². The zero-order valence-electron chi connectivity index (χ0n) is 16.0. The minimum absolute atomic E-state index is 0.000173. The second-order valence-corrected chi connectivity index (χ2v) is 9.49. The highest BCUT2D eigenvalue weighted by Gasteiger charge is 2.33. The van der Waals surface area contributed by atoms with Crippen molar-refractivity contribution in [2.45, 2.75) is 25.3 Å². The first-order valence-corrected chi connectivity index (χ1v) is 11.8. The van der Waals surface area contributed by atoms with E-state index in [0.29, 0.717) is 29.6 Å². The molecule has 0 bridgehead atoms. The largest absolute Gasteiger partial charge is 0.339 e. The summed E-state index contributed by atoms with van der Waals surface area (Å²) < 4.78 is 5.37. The third-order valence-electron chi connectivity index (χ3n) is 5.22. The molecule has 0 spiro atoms. The van der Waals surface area contributed by atoms with Gasteiger partial charge in [0.25, 0.3) is 0 Å². The second-order valence-electron chi connectivity index (χ2n) is 7.07. The standard InChI is InChI=1S/C22H18ClN3O2S2/c23-15-5-3-14(4-6-15)22-24-19(28-25-22)7-8-20(27)26-11-9-17-16(10-13-30-17)21(26)18-2-1-12-29-18/h1-6,10,12-13,21H,7-9,11H2. The molecule has 4 aromatic rings. The molecule has 1 aliphatic rings. The van der Waals surface area contributed by atoms with Crippen LogP contribution in [0.2, 0.25) is 5.02 Å². The number of fused-ring (bicyclic) bond motifs is 1. The average molecular weight is 456 g/mol. The quantitative estimate of drug-likeness (QED) is 0.392. The van der Waals surface area contributed by atoms with Gasteiger partial charge in [-0.15, -0.1) is 22.7 Å². The SMILES string of the molecule is O=C(CCc1nc(-c2ccc(Cl)cc2)no1)N1CCc2sccc2C1c1cccs1. The summed E-state index contributed by atoms with van der Waals surface area (Å²) in [5, 5.41) is 8.88. The topological polar surface area (TPSA) is 59.2 Å². The van der Waals surface area contributed by atoms with Crippen LogP contribution in [0.4, 0.5) is 0 Å². The molecule has 1 unspecified atom stereocenters. The van der Waals surface area contributed by atoms with Gasteiger partial charge in [-0.3, -0.25) is 4.79 Å². The second kappa shape index (κ2) is 8.34. The molecule has 3 aromatic heterocycles. The predicted octanol–water partition coefficient (Wildman–Crippen LogP) is 5.62. The van der Waals surface area contributed by atoms with Gasteiger partial charge in [0.15, 0.2) is 0 Å². The number of amides is 1. The van der Waals surface area contributed by atoms with E-state index >= 15 is 0 Å². The highest BCUT2D eigenvalue weighted by molar-refractivity contribution is 7.10. The van der Waals surface area contributed by atoms with Crippen LogP contribution in [-0.2, 0) is 17.6 Å². The molecular formula is C22H18ClN3O2S2. The number of nitrogens with zero attached hydrogens (tertiary/aromatic N) is 3. The number of hydrogen-bond donors (Lipinski definition) is 0. The Morgan fingerprint density at radius 3 is 2.83 bits per heavy atom. The van der Waals surface area contributed by atoms with E-state index in [4.69, 9.17) is 16.1 Å². The van der Waals surface area contributed by atoms with E-state index in [1.54, 1.807) is 34.8 Å². The number of aromatic nitrogens is 2. The zero-order valence-corrected chi connectivity index (χ0v) is 18.3. The number of hydrogen-bond acceptors (Lipinski definition) is 6. The first-order chi connectivity index (χ1) is 14.7. The Morgan fingerprint density at radius 2 is 2.03 bits per heavy atom. The minimum atomic E-state index is -0.000173. The van der Waals surface area contributed by atoms with Gasteiger partial charge in [0, 0.05) is 39.7 Å². The molecule has 0 N–H and O–H groups in total. The van der Waals surface area contributed by atoms with Crippen molar-refractivity contribution in [2.75, 3.05) is 6.54 Å². The van der Waals surface area contributed by atoms with Gasteiger partial charge >= 0.3 is 0 Å². The van der Waals surface area contributed by atoms with Crippen molar-refractivity contribution in [2.24, 2.45) is 0 Å². The summed E-state index contributed by atoms with van der Waals surface area (Å²) in [5.74, 6) is 1.08. The Morgan fingerprint density at radius 1 is 1.17 bits per heavy atom. The van der Waals surface area contributed by atoms with Gasteiger partial charge in [0.05, 0.1) is 6.04 Å². The summed E-state index contributed by atoms with van der Waals surface area (Å²) in [6.07, 6.45) is 1.66. The summed E-state index contributed by atoms with van der Waals surface area (Å²) in [4.78, 5) is 22.2. The normalized spacial score (nSPS) is 15.9. The zero-order chi connectivity index (χ0) is 20.5. The number of aryl methyl sites for hydroxylation is 1. The van der Waals surface area contributed by atoms with Crippen LogP contribution in [0.15, 0.2) is 57.7 Å². The Kier molecular flexibility index (Phi) is 5.41. The maximum atomic E-state index is 13.2. The molecule has 1 aliphatic heterocycles. The monoisotopic (exact) mass is 455 g/mol. The average Bonchev–Trinajstić information content (AvgIpc) is 3.53.